The van der Waals surface area contributed by atoms with Crippen molar-refractivity contribution >= 4 is 11.9 Å². The van der Waals surface area contributed by atoms with Gasteiger partial charge in [0.2, 0.25) is 5.95 Å². The van der Waals surface area contributed by atoms with Gasteiger partial charge in [0.05, 0.1) is 0 Å². The zero-order valence-electron chi connectivity index (χ0n) is 14.9. The molecule has 1 amide bonds. The Morgan fingerprint density at radius 3 is 2.48 bits per heavy atom. The number of aromatic nitrogens is 2. The number of hydrogen-bond acceptors (Lipinski definition) is 4. The molecule has 1 aromatic heterocycles. The summed E-state index contributed by atoms with van der Waals surface area (Å²) in [6.07, 6.45) is 6.28. The fourth-order valence-corrected chi connectivity index (χ4v) is 3.18. The Hall–Kier alpha value is -2.43. The quantitative estimate of drug-likeness (QED) is 0.837. The van der Waals surface area contributed by atoms with Gasteiger partial charge in [-0.1, -0.05) is 43.2 Å². The highest BCUT2D eigenvalue weighted by atomic mass is 16.2. The van der Waals surface area contributed by atoms with Gasteiger partial charge >= 0.3 is 0 Å². The highest BCUT2D eigenvalue weighted by molar-refractivity contribution is 5.92. The summed E-state index contributed by atoms with van der Waals surface area (Å²) in [5.74, 6) is 0.647. The zero-order valence-corrected chi connectivity index (χ0v) is 14.9. The number of carbonyl (C=O) groups is 1. The van der Waals surface area contributed by atoms with E-state index in [1.54, 1.807) is 12.3 Å². The molecule has 1 saturated heterocycles. The summed E-state index contributed by atoms with van der Waals surface area (Å²) in [6.45, 7) is 5.27. The fraction of sp³-hybridized carbons (Fsp3) is 0.450. The molecule has 0 atom stereocenters. The summed E-state index contributed by atoms with van der Waals surface area (Å²) in [7, 11) is 0. The molecule has 3 rings (SSSR count). The summed E-state index contributed by atoms with van der Waals surface area (Å²) in [5.41, 5.74) is 1.70. The van der Waals surface area contributed by atoms with Crippen LogP contribution in [-0.4, -0.2) is 40.4 Å². The molecular formula is C20H26N4O. The maximum Gasteiger partial charge on any atom is 0.272 e. The van der Waals surface area contributed by atoms with Crippen LogP contribution < -0.4 is 4.90 Å². The maximum absolute atomic E-state index is 12.8. The predicted molar refractivity (Wildman–Crippen MR) is 99.6 cm³/mol. The first-order chi connectivity index (χ1) is 12.3. The minimum absolute atomic E-state index is 0.0290. The fourth-order valence-electron chi connectivity index (χ4n) is 3.18. The summed E-state index contributed by atoms with van der Waals surface area (Å²) >= 11 is 0. The van der Waals surface area contributed by atoms with Crippen molar-refractivity contribution < 1.29 is 4.79 Å². The van der Waals surface area contributed by atoms with Crippen molar-refractivity contribution in [2.45, 2.75) is 39.2 Å². The van der Waals surface area contributed by atoms with Crippen molar-refractivity contribution in [1.29, 1.82) is 0 Å². The molecule has 1 aliphatic rings. The molecule has 2 aromatic rings. The van der Waals surface area contributed by atoms with Crippen LogP contribution in [-0.2, 0) is 6.54 Å². The van der Waals surface area contributed by atoms with Gasteiger partial charge in [-0.05, 0) is 31.4 Å². The lowest BCUT2D eigenvalue weighted by atomic mass is 10.2. The third kappa shape index (κ3) is 4.56. The van der Waals surface area contributed by atoms with Crippen LogP contribution in [0.5, 0.6) is 0 Å². The average Bonchev–Trinajstić information content (AvgIpc) is 2.96. The van der Waals surface area contributed by atoms with E-state index in [1.165, 1.54) is 18.4 Å². The van der Waals surface area contributed by atoms with Crippen LogP contribution in [0.3, 0.4) is 0 Å². The van der Waals surface area contributed by atoms with E-state index in [-0.39, 0.29) is 5.91 Å². The van der Waals surface area contributed by atoms with E-state index in [2.05, 4.69) is 33.9 Å². The van der Waals surface area contributed by atoms with Crippen molar-refractivity contribution in [3.63, 3.8) is 0 Å². The van der Waals surface area contributed by atoms with Crippen LogP contribution in [0.1, 0.15) is 48.7 Å². The smallest absolute Gasteiger partial charge is 0.272 e. The molecule has 1 aromatic carbocycles. The number of benzene rings is 1. The third-order valence-electron chi connectivity index (χ3n) is 4.64. The molecule has 132 valence electrons. The molecule has 0 unspecified atom stereocenters. The first kappa shape index (κ1) is 17.4. The molecule has 5 heteroatoms. The molecule has 5 nitrogen and oxygen atoms in total. The average molecular weight is 338 g/mol. The van der Waals surface area contributed by atoms with Gasteiger partial charge in [-0.15, -0.1) is 0 Å². The standard InChI is InChI=1S/C20H26N4O/c1-2-23(16-17-10-6-5-7-11-17)20-21-13-12-18(22-20)19(25)24-14-8-3-4-9-15-24/h5-7,10-13H,2-4,8-9,14-16H2,1H3. The topological polar surface area (TPSA) is 49.3 Å². The van der Waals surface area contributed by atoms with Crippen molar-refractivity contribution in [1.82, 2.24) is 14.9 Å². The van der Waals surface area contributed by atoms with E-state index in [4.69, 9.17) is 0 Å². The normalized spacial score (nSPS) is 14.8. The predicted octanol–water partition coefficient (Wildman–Crippen LogP) is 3.52. The van der Waals surface area contributed by atoms with Crippen molar-refractivity contribution in [3.05, 3.63) is 53.9 Å². The largest absolute Gasteiger partial charge is 0.337 e. The van der Waals surface area contributed by atoms with Crippen molar-refractivity contribution in [2.24, 2.45) is 0 Å². The molecule has 0 bridgehead atoms. The lowest BCUT2D eigenvalue weighted by Crippen LogP contribution is -2.33. The van der Waals surface area contributed by atoms with Gasteiger partial charge in [0, 0.05) is 32.4 Å². The van der Waals surface area contributed by atoms with E-state index in [9.17, 15) is 4.79 Å². The minimum Gasteiger partial charge on any atom is -0.337 e. The summed E-state index contributed by atoms with van der Waals surface area (Å²) in [4.78, 5) is 25.8. The Morgan fingerprint density at radius 2 is 1.80 bits per heavy atom. The SMILES string of the molecule is CCN(Cc1ccccc1)c1nccc(C(=O)N2CCCCCC2)n1. The second-order valence-electron chi connectivity index (χ2n) is 6.45. The molecule has 1 aliphatic heterocycles. The first-order valence-corrected chi connectivity index (χ1v) is 9.19. The summed E-state index contributed by atoms with van der Waals surface area (Å²) in [6, 6.07) is 12.0. The molecule has 0 N–H and O–H groups in total. The van der Waals surface area contributed by atoms with Crippen molar-refractivity contribution in [2.75, 3.05) is 24.5 Å². The van der Waals surface area contributed by atoms with Crippen molar-refractivity contribution in [3.8, 4) is 0 Å². The summed E-state index contributed by atoms with van der Waals surface area (Å²) in [5, 5.41) is 0. The van der Waals surface area contributed by atoms with Crippen LogP contribution in [0, 0.1) is 0 Å². The number of nitrogens with zero attached hydrogens (tertiary/aromatic N) is 4. The summed E-state index contributed by atoms with van der Waals surface area (Å²) < 4.78 is 0. The van der Waals surface area contributed by atoms with Gasteiger partial charge < -0.3 is 9.80 Å². The third-order valence-corrected chi connectivity index (χ3v) is 4.64. The molecule has 0 spiro atoms. The molecule has 0 saturated carbocycles. The first-order valence-electron chi connectivity index (χ1n) is 9.19. The van der Waals surface area contributed by atoms with Gasteiger partial charge in [-0.3, -0.25) is 4.79 Å². The Bertz CT molecular complexity index is 681. The monoisotopic (exact) mass is 338 g/mol. The molecular weight excluding hydrogens is 312 g/mol. The number of carbonyl (C=O) groups excluding carboxylic acids is 1. The van der Waals surface area contributed by atoms with E-state index in [0.717, 1.165) is 39.0 Å². The molecule has 2 heterocycles. The van der Waals surface area contributed by atoms with Crippen LogP contribution in [0.25, 0.3) is 0 Å². The van der Waals surface area contributed by atoms with Gasteiger partial charge in [-0.25, -0.2) is 9.97 Å². The molecule has 0 radical (unpaired) electrons. The Labute approximate surface area is 149 Å². The van der Waals surface area contributed by atoms with Crippen LogP contribution in [0.2, 0.25) is 0 Å². The minimum atomic E-state index is 0.0290. The second-order valence-corrected chi connectivity index (χ2v) is 6.45. The number of hydrogen-bond donors (Lipinski definition) is 0. The molecule has 1 fully saturated rings. The van der Waals surface area contributed by atoms with Gasteiger partial charge in [0.25, 0.3) is 5.91 Å². The Morgan fingerprint density at radius 1 is 1.08 bits per heavy atom. The lowest BCUT2D eigenvalue weighted by molar-refractivity contribution is 0.0755. The van der Waals surface area contributed by atoms with Gasteiger partial charge in [-0.2, -0.15) is 0 Å². The van der Waals surface area contributed by atoms with Crippen LogP contribution in [0.15, 0.2) is 42.6 Å². The highest BCUT2D eigenvalue weighted by Gasteiger charge is 2.20. The van der Waals surface area contributed by atoms with E-state index >= 15 is 0 Å². The van der Waals surface area contributed by atoms with E-state index in [1.807, 2.05) is 23.1 Å². The zero-order chi connectivity index (χ0) is 17.5. The Balaban J connectivity index is 1.76. The number of rotatable bonds is 5. The molecule has 25 heavy (non-hydrogen) atoms. The Kier molecular flexibility index (Phi) is 5.99. The number of anilines is 1. The number of likely N-dealkylation sites (tertiary alicyclic amines) is 1. The molecule has 0 aliphatic carbocycles. The van der Waals surface area contributed by atoms with Crippen LogP contribution >= 0.6 is 0 Å². The van der Waals surface area contributed by atoms with Gasteiger partial charge in [0.15, 0.2) is 0 Å². The van der Waals surface area contributed by atoms with Gasteiger partial charge in [0.1, 0.15) is 5.69 Å². The number of amides is 1. The van der Waals surface area contributed by atoms with Crippen LogP contribution in [0.4, 0.5) is 5.95 Å². The maximum atomic E-state index is 12.8. The highest BCUT2D eigenvalue weighted by Crippen LogP contribution is 2.15. The van der Waals surface area contributed by atoms with E-state index in [0.29, 0.717) is 11.6 Å². The lowest BCUT2D eigenvalue weighted by Gasteiger charge is -2.23. The van der Waals surface area contributed by atoms with E-state index < -0.39 is 0 Å². The second kappa shape index (κ2) is 8.60.